The molecule has 1 heterocycles. The van der Waals surface area contributed by atoms with Crippen LogP contribution in [0.25, 0.3) is 5.69 Å². The first-order valence-corrected chi connectivity index (χ1v) is 9.80. The molecule has 1 aromatic heterocycles. The van der Waals surface area contributed by atoms with E-state index in [2.05, 4.69) is 31.2 Å². The lowest BCUT2D eigenvalue weighted by molar-refractivity contribution is 0.157. The van der Waals surface area contributed by atoms with Crippen molar-refractivity contribution in [2.24, 2.45) is 0 Å². The molecule has 0 spiro atoms. The van der Waals surface area contributed by atoms with Crippen LogP contribution in [0.2, 0.25) is 0 Å². The van der Waals surface area contributed by atoms with Gasteiger partial charge in [0, 0.05) is 12.6 Å². The van der Waals surface area contributed by atoms with Crippen LogP contribution in [0, 0.1) is 0 Å². The monoisotopic (exact) mass is 371 g/mol. The van der Waals surface area contributed by atoms with Crippen molar-refractivity contribution in [1.29, 1.82) is 0 Å². The van der Waals surface area contributed by atoms with Crippen molar-refractivity contribution in [3.63, 3.8) is 0 Å². The van der Waals surface area contributed by atoms with Crippen molar-refractivity contribution in [3.05, 3.63) is 40.3 Å². The van der Waals surface area contributed by atoms with E-state index in [0.717, 1.165) is 35.9 Å². The second-order valence-electron chi connectivity index (χ2n) is 8.21. The highest BCUT2D eigenvalue weighted by Crippen LogP contribution is 2.27. The summed E-state index contributed by atoms with van der Waals surface area (Å²) in [5.41, 5.74) is 0.952. The van der Waals surface area contributed by atoms with Crippen LogP contribution in [0.4, 0.5) is 4.79 Å². The van der Waals surface area contributed by atoms with Crippen LogP contribution in [0.3, 0.4) is 0 Å². The molecular formula is C20H29N5O2. The van der Waals surface area contributed by atoms with Gasteiger partial charge in [0.2, 0.25) is 0 Å². The Morgan fingerprint density at radius 1 is 1.15 bits per heavy atom. The fourth-order valence-electron chi connectivity index (χ4n) is 3.87. The van der Waals surface area contributed by atoms with E-state index in [1.807, 2.05) is 31.2 Å². The minimum Gasteiger partial charge on any atom is -0.320 e. The quantitative estimate of drug-likeness (QED) is 0.776. The Morgan fingerprint density at radius 2 is 1.81 bits per heavy atom. The van der Waals surface area contributed by atoms with Crippen LogP contribution in [0.15, 0.2) is 29.1 Å². The molecule has 1 aliphatic rings. The molecule has 0 N–H and O–H groups in total. The van der Waals surface area contributed by atoms with Crippen molar-refractivity contribution in [2.45, 2.75) is 71.3 Å². The molecule has 7 heteroatoms. The first kappa shape index (κ1) is 19.3. The summed E-state index contributed by atoms with van der Waals surface area (Å²) in [4.78, 5) is 27.7. The van der Waals surface area contributed by atoms with E-state index in [9.17, 15) is 9.59 Å². The number of tetrazole rings is 1. The highest BCUT2D eigenvalue weighted by atomic mass is 16.2. The summed E-state index contributed by atoms with van der Waals surface area (Å²) in [5.74, 6) is 0. The Labute approximate surface area is 160 Å². The topological polar surface area (TPSA) is 73.0 Å². The summed E-state index contributed by atoms with van der Waals surface area (Å²) in [6.07, 6.45) is 5.41. The number of hydrogen-bond acceptors (Lipinski definition) is 4. The maximum atomic E-state index is 13.0. The van der Waals surface area contributed by atoms with Gasteiger partial charge in [-0.15, -0.1) is 4.68 Å². The first-order valence-electron chi connectivity index (χ1n) is 9.80. The molecular weight excluding hydrogens is 342 g/mol. The Balaban J connectivity index is 1.96. The number of para-hydroxylation sites is 1. The highest BCUT2D eigenvalue weighted by molar-refractivity contribution is 5.76. The normalized spacial score (nSPS) is 15.7. The van der Waals surface area contributed by atoms with Crippen molar-refractivity contribution >= 4 is 6.03 Å². The van der Waals surface area contributed by atoms with Crippen molar-refractivity contribution in [1.82, 2.24) is 24.7 Å². The van der Waals surface area contributed by atoms with Gasteiger partial charge in [-0.05, 0) is 47.2 Å². The number of carbonyl (C=O) groups is 1. The second kappa shape index (κ2) is 7.66. The van der Waals surface area contributed by atoms with Crippen molar-refractivity contribution in [2.75, 3.05) is 6.54 Å². The molecule has 1 saturated carbocycles. The minimum absolute atomic E-state index is 0.165. The van der Waals surface area contributed by atoms with Gasteiger partial charge in [-0.1, -0.05) is 58.2 Å². The average molecular weight is 371 g/mol. The summed E-state index contributed by atoms with van der Waals surface area (Å²) in [5, 5.41) is 7.92. The maximum Gasteiger partial charge on any atom is 0.377 e. The van der Waals surface area contributed by atoms with Gasteiger partial charge in [-0.3, -0.25) is 0 Å². The van der Waals surface area contributed by atoms with E-state index in [4.69, 9.17) is 0 Å². The zero-order chi connectivity index (χ0) is 19.6. The Bertz CT molecular complexity index is 856. The van der Waals surface area contributed by atoms with Crippen molar-refractivity contribution in [3.8, 4) is 5.69 Å². The lowest BCUT2D eigenvalue weighted by Gasteiger charge is -2.32. The van der Waals surface area contributed by atoms with Gasteiger partial charge in [0.15, 0.2) is 0 Å². The lowest BCUT2D eigenvalue weighted by Crippen LogP contribution is -2.47. The number of aromatic nitrogens is 4. The molecule has 0 aliphatic heterocycles. The van der Waals surface area contributed by atoms with E-state index in [1.54, 1.807) is 4.90 Å². The molecule has 27 heavy (non-hydrogen) atoms. The molecule has 0 bridgehead atoms. The molecule has 0 unspecified atom stereocenters. The summed E-state index contributed by atoms with van der Waals surface area (Å²) in [6, 6.07) is 7.40. The van der Waals surface area contributed by atoms with E-state index < -0.39 is 5.69 Å². The average Bonchev–Trinajstić information content (AvgIpc) is 3.04. The van der Waals surface area contributed by atoms with Crippen LogP contribution < -0.4 is 5.69 Å². The number of nitrogens with zero attached hydrogens (tertiary/aromatic N) is 5. The third-order valence-electron chi connectivity index (χ3n) is 5.30. The van der Waals surface area contributed by atoms with Crippen LogP contribution in [-0.2, 0) is 5.41 Å². The number of carbonyl (C=O) groups excluding carboxylic acids is 1. The van der Waals surface area contributed by atoms with Crippen LogP contribution in [-0.4, -0.2) is 43.3 Å². The van der Waals surface area contributed by atoms with E-state index >= 15 is 0 Å². The third-order valence-corrected chi connectivity index (χ3v) is 5.30. The molecule has 0 atom stereocenters. The molecule has 146 valence electrons. The summed E-state index contributed by atoms with van der Waals surface area (Å²) in [6.45, 7) is 8.73. The standard InChI is InChI=1S/C20H29N5O2/c1-5-23(15-11-7-6-8-12-15)18(26)25-19(27)24(21-22-25)17-14-10-9-13-16(17)20(2,3)4/h9-10,13-15H,5-8,11-12H2,1-4H3. The van der Waals surface area contributed by atoms with E-state index in [1.165, 1.54) is 11.1 Å². The zero-order valence-corrected chi connectivity index (χ0v) is 16.7. The minimum atomic E-state index is -0.522. The Hall–Kier alpha value is -2.44. The van der Waals surface area contributed by atoms with Gasteiger partial charge in [0.25, 0.3) is 0 Å². The zero-order valence-electron chi connectivity index (χ0n) is 16.7. The lowest BCUT2D eigenvalue weighted by atomic mass is 9.86. The summed E-state index contributed by atoms with van der Waals surface area (Å²) >= 11 is 0. The summed E-state index contributed by atoms with van der Waals surface area (Å²) < 4.78 is 2.13. The molecule has 0 radical (unpaired) electrons. The molecule has 3 rings (SSSR count). The van der Waals surface area contributed by atoms with Gasteiger partial charge in [-0.2, -0.15) is 4.68 Å². The van der Waals surface area contributed by atoms with Gasteiger partial charge in [-0.25, -0.2) is 9.59 Å². The fourth-order valence-corrected chi connectivity index (χ4v) is 3.87. The van der Waals surface area contributed by atoms with Crippen molar-refractivity contribution < 1.29 is 4.79 Å². The van der Waals surface area contributed by atoms with Gasteiger partial charge < -0.3 is 4.90 Å². The molecule has 1 aliphatic carbocycles. The fraction of sp³-hybridized carbons (Fsp3) is 0.600. The van der Waals surface area contributed by atoms with Gasteiger partial charge in [0.05, 0.1) is 5.69 Å². The molecule has 0 saturated heterocycles. The molecule has 1 amide bonds. The van der Waals surface area contributed by atoms with E-state index in [0.29, 0.717) is 12.2 Å². The highest BCUT2D eigenvalue weighted by Gasteiger charge is 2.29. The number of amides is 1. The van der Waals surface area contributed by atoms with Crippen LogP contribution >= 0.6 is 0 Å². The van der Waals surface area contributed by atoms with Crippen LogP contribution in [0.5, 0.6) is 0 Å². The molecule has 2 aromatic rings. The second-order valence-corrected chi connectivity index (χ2v) is 8.21. The van der Waals surface area contributed by atoms with Gasteiger partial charge >= 0.3 is 11.7 Å². The maximum absolute atomic E-state index is 13.0. The third kappa shape index (κ3) is 3.82. The molecule has 1 aromatic carbocycles. The smallest absolute Gasteiger partial charge is 0.320 e. The molecule has 1 fully saturated rings. The van der Waals surface area contributed by atoms with Crippen LogP contribution in [0.1, 0.15) is 65.4 Å². The predicted molar refractivity (Wildman–Crippen MR) is 104 cm³/mol. The van der Waals surface area contributed by atoms with Gasteiger partial charge in [0.1, 0.15) is 0 Å². The molecule has 7 nitrogen and oxygen atoms in total. The Kier molecular flexibility index (Phi) is 5.48. The Morgan fingerprint density at radius 3 is 2.44 bits per heavy atom. The first-order chi connectivity index (χ1) is 12.8. The predicted octanol–water partition coefficient (Wildman–Crippen LogP) is 3.35. The number of rotatable bonds is 3. The number of benzene rings is 1. The van der Waals surface area contributed by atoms with E-state index in [-0.39, 0.29) is 17.5 Å². The summed E-state index contributed by atoms with van der Waals surface area (Å²) in [7, 11) is 0. The SMILES string of the molecule is CCN(C(=O)n1nnn(-c2ccccc2C(C)(C)C)c1=O)C1CCCCC1. The largest absolute Gasteiger partial charge is 0.377 e. The number of hydrogen-bond donors (Lipinski definition) is 0.